The zero-order valence-electron chi connectivity index (χ0n) is 15.0. The predicted molar refractivity (Wildman–Crippen MR) is 103 cm³/mol. The van der Waals surface area contributed by atoms with Gasteiger partial charge in [-0.3, -0.25) is 4.79 Å². The molecule has 136 valence electrons. The molecule has 0 saturated carbocycles. The number of aromatic nitrogens is 2. The molecule has 25 heavy (non-hydrogen) atoms. The Morgan fingerprint density at radius 3 is 2.84 bits per heavy atom. The second-order valence-electron chi connectivity index (χ2n) is 5.50. The summed E-state index contributed by atoms with van der Waals surface area (Å²) in [6.07, 6.45) is 0.814. The number of ether oxygens (including phenoxy) is 1. The van der Waals surface area contributed by atoms with Gasteiger partial charge in [-0.1, -0.05) is 23.9 Å². The first-order valence-electron chi connectivity index (χ1n) is 8.68. The van der Waals surface area contributed by atoms with Gasteiger partial charge >= 0.3 is 0 Å². The van der Waals surface area contributed by atoms with Crippen LogP contribution in [0.25, 0.3) is 10.9 Å². The van der Waals surface area contributed by atoms with Crippen molar-refractivity contribution in [3.8, 4) is 0 Å². The molecule has 7 heteroatoms. The summed E-state index contributed by atoms with van der Waals surface area (Å²) in [6, 6.07) is 7.88. The number of nitrogens with zero attached hydrogens (tertiary/aromatic N) is 2. The van der Waals surface area contributed by atoms with Gasteiger partial charge in [0.05, 0.1) is 10.8 Å². The highest BCUT2D eigenvalue weighted by molar-refractivity contribution is 8.00. The topological polar surface area (TPSA) is 76.1 Å². The van der Waals surface area contributed by atoms with Gasteiger partial charge in [0.1, 0.15) is 5.82 Å². The van der Waals surface area contributed by atoms with E-state index in [9.17, 15) is 4.79 Å². The highest BCUT2D eigenvalue weighted by atomic mass is 32.2. The van der Waals surface area contributed by atoms with Crippen LogP contribution in [0.4, 0.5) is 5.82 Å². The van der Waals surface area contributed by atoms with Crippen molar-refractivity contribution in [1.29, 1.82) is 0 Å². The normalized spacial score (nSPS) is 12.1. The maximum atomic E-state index is 12.2. The van der Waals surface area contributed by atoms with E-state index >= 15 is 0 Å². The number of rotatable bonds is 10. The number of para-hydroxylation sites is 1. The summed E-state index contributed by atoms with van der Waals surface area (Å²) in [4.78, 5) is 21.4. The molecule has 0 saturated heterocycles. The maximum absolute atomic E-state index is 12.2. The second-order valence-corrected chi connectivity index (χ2v) is 6.81. The summed E-state index contributed by atoms with van der Waals surface area (Å²) >= 11 is 1.37. The van der Waals surface area contributed by atoms with Crippen LogP contribution in [0.1, 0.15) is 27.2 Å². The molecule has 0 aliphatic rings. The van der Waals surface area contributed by atoms with Gasteiger partial charge in [-0.15, -0.1) is 0 Å². The number of anilines is 1. The van der Waals surface area contributed by atoms with Crippen molar-refractivity contribution < 1.29 is 9.53 Å². The van der Waals surface area contributed by atoms with Gasteiger partial charge in [0.15, 0.2) is 5.16 Å². The van der Waals surface area contributed by atoms with Crippen LogP contribution in [0, 0.1) is 0 Å². The monoisotopic (exact) mass is 362 g/mol. The molecule has 0 aliphatic carbocycles. The number of benzene rings is 1. The van der Waals surface area contributed by atoms with Crippen LogP contribution in [0.3, 0.4) is 0 Å². The average Bonchev–Trinajstić information content (AvgIpc) is 2.61. The molecule has 2 rings (SSSR count). The van der Waals surface area contributed by atoms with Crippen molar-refractivity contribution in [3.05, 3.63) is 24.3 Å². The molecule has 1 heterocycles. The molecule has 1 aromatic heterocycles. The number of amides is 1. The Morgan fingerprint density at radius 2 is 2.08 bits per heavy atom. The van der Waals surface area contributed by atoms with E-state index < -0.39 is 0 Å². The third-order valence-electron chi connectivity index (χ3n) is 3.55. The van der Waals surface area contributed by atoms with E-state index in [2.05, 4.69) is 20.6 Å². The number of fused-ring (bicyclic) bond motifs is 1. The molecule has 0 aliphatic heterocycles. The van der Waals surface area contributed by atoms with Crippen LogP contribution in [-0.4, -0.2) is 47.4 Å². The summed E-state index contributed by atoms with van der Waals surface area (Å²) in [5.74, 6) is 0.795. The Kier molecular flexibility index (Phi) is 7.94. The molecule has 0 fully saturated rings. The fourth-order valence-electron chi connectivity index (χ4n) is 2.30. The number of hydrogen-bond acceptors (Lipinski definition) is 6. The molecule has 2 N–H and O–H groups in total. The van der Waals surface area contributed by atoms with Crippen molar-refractivity contribution in [2.45, 2.75) is 37.6 Å². The van der Waals surface area contributed by atoms with Crippen LogP contribution in [-0.2, 0) is 9.53 Å². The van der Waals surface area contributed by atoms with Crippen molar-refractivity contribution in [2.75, 3.05) is 31.6 Å². The Labute approximate surface area is 153 Å². The first-order valence-corrected chi connectivity index (χ1v) is 9.56. The standard InChI is InChI=1S/C18H26N4O2S/c1-4-19-16-14-9-6-7-10-15(14)21-18(22-16)25-13(3)17(23)20-11-8-12-24-5-2/h6-7,9-10,13H,4-5,8,11-12H2,1-3H3,(H,20,23)(H,19,21,22). The van der Waals surface area contributed by atoms with Crippen molar-refractivity contribution >= 4 is 34.4 Å². The second kappa shape index (κ2) is 10.2. The lowest BCUT2D eigenvalue weighted by Gasteiger charge is -2.13. The van der Waals surface area contributed by atoms with E-state index in [-0.39, 0.29) is 11.2 Å². The molecular weight excluding hydrogens is 336 g/mol. The summed E-state index contributed by atoms with van der Waals surface area (Å²) in [7, 11) is 0. The van der Waals surface area contributed by atoms with E-state index in [0.717, 1.165) is 29.7 Å². The lowest BCUT2D eigenvalue weighted by molar-refractivity contribution is -0.120. The summed E-state index contributed by atoms with van der Waals surface area (Å²) in [5, 5.41) is 7.53. The van der Waals surface area contributed by atoms with Crippen molar-refractivity contribution in [2.24, 2.45) is 0 Å². The van der Waals surface area contributed by atoms with E-state index in [1.807, 2.05) is 45.0 Å². The Bertz CT molecular complexity index is 696. The molecule has 1 unspecified atom stereocenters. The molecule has 1 atom stereocenters. The largest absolute Gasteiger partial charge is 0.382 e. The van der Waals surface area contributed by atoms with Crippen LogP contribution in [0.2, 0.25) is 0 Å². The zero-order valence-corrected chi connectivity index (χ0v) is 15.9. The van der Waals surface area contributed by atoms with Gasteiger partial charge in [-0.05, 0) is 39.3 Å². The van der Waals surface area contributed by atoms with Crippen LogP contribution in [0.15, 0.2) is 29.4 Å². The lowest BCUT2D eigenvalue weighted by atomic mass is 10.2. The smallest absolute Gasteiger partial charge is 0.233 e. The fraction of sp³-hybridized carbons (Fsp3) is 0.500. The highest BCUT2D eigenvalue weighted by Crippen LogP contribution is 2.26. The molecular formula is C18H26N4O2S. The average molecular weight is 362 g/mol. The number of hydrogen-bond donors (Lipinski definition) is 2. The summed E-state index contributed by atoms with van der Waals surface area (Å²) in [6.45, 7) is 8.62. The first kappa shape index (κ1) is 19.5. The van der Waals surface area contributed by atoms with Crippen molar-refractivity contribution in [1.82, 2.24) is 15.3 Å². The van der Waals surface area contributed by atoms with E-state index in [1.54, 1.807) is 0 Å². The fourth-order valence-corrected chi connectivity index (χ4v) is 3.10. The molecule has 1 amide bonds. The molecule has 0 radical (unpaired) electrons. The van der Waals surface area contributed by atoms with E-state index in [1.165, 1.54) is 11.8 Å². The van der Waals surface area contributed by atoms with E-state index in [4.69, 9.17) is 4.74 Å². The van der Waals surface area contributed by atoms with Crippen molar-refractivity contribution in [3.63, 3.8) is 0 Å². The Hall–Kier alpha value is -1.86. The summed E-state index contributed by atoms with van der Waals surface area (Å²) < 4.78 is 5.27. The van der Waals surface area contributed by atoms with Gasteiger partial charge in [-0.25, -0.2) is 9.97 Å². The minimum absolute atomic E-state index is 0.0109. The minimum atomic E-state index is -0.261. The Morgan fingerprint density at radius 1 is 1.28 bits per heavy atom. The summed E-state index contributed by atoms with van der Waals surface area (Å²) in [5.41, 5.74) is 0.875. The lowest BCUT2D eigenvalue weighted by Crippen LogP contribution is -2.32. The minimum Gasteiger partial charge on any atom is -0.382 e. The Balaban J connectivity index is 2.00. The molecule has 2 aromatic rings. The number of carbonyl (C=O) groups is 1. The van der Waals surface area contributed by atoms with Crippen LogP contribution < -0.4 is 10.6 Å². The quantitative estimate of drug-likeness (QED) is 0.384. The number of nitrogens with one attached hydrogen (secondary N) is 2. The molecule has 6 nitrogen and oxygen atoms in total. The highest BCUT2D eigenvalue weighted by Gasteiger charge is 2.17. The first-order chi connectivity index (χ1) is 12.2. The predicted octanol–water partition coefficient (Wildman–Crippen LogP) is 3.09. The van der Waals surface area contributed by atoms with Gasteiger partial charge in [-0.2, -0.15) is 0 Å². The molecule has 0 spiro atoms. The zero-order chi connectivity index (χ0) is 18.1. The number of thioether (sulfide) groups is 1. The van der Waals surface area contributed by atoms with Gasteiger partial charge < -0.3 is 15.4 Å². The van der Waals surface area contributed by atoms with Crippen LogP contribution in [0.5, 0.6) is 0 Å². The molecule has 0 bridgehead atoms. The number of carbonyl (C=O) groups excluding carboxylic acids is 1. The van der Waals surface area contributed by atoms with E-state index in [0.29, 0.717) is 24.9 Å². The van der Waals surface area contributed by atoms with Gasteiger partial charge in [0, 0.05) is 31.7 Å². The molecule has 1 aromatic carbocycles. The third-order valence-corrected chi connectivity index (χ3v) is 4.51. The van der Waals surface area contributed by atoms with Gasteiger partial charge in [0.2, 0.25) is 5.91 Å². The van der Waals surface area contributed by atoms with Crippen LogP contribution >= 0.6 is 11.8 Å². The third kappa shape index (κ3) is 5.86. The maximum Gasteiger partial charge on any atom is 0.233 e. The van der Waals surface area contributed by atoms with Gasteiger partial charge in [0.25, 0.3) is 0 Å². The SMILES string of the molecule is CCNc1nc(SC(C)C(=O)NCCCOCC)nc2ccccc12.